The van der Waals surface area contributed by atoms with Gasteiger partial charge in [0.15, 0.2) is 5.17 Å². The van der Waals surface area contributed by atoms with E-state index in [-0.39, 0.29) is 28.4 Å². The van der Waals surface area contributed by atoms with Gasteiger partial charge in [-0.2, -0.15) is 13.2 Å². The average molecular weight is 463 g/mol. The number of aliphatic imine (C=N–C) groups is 1. The first-order valence-corrected chi connectivity index (χ1v) is 10.8. The molecule has 2 amide bonds. The molecule has 0 aromatic heterocycles. The maximum atomic E-state index is 13.2. The second-order valence-electron chi connectivity index (χ2n) is 7.26. The highest BCUT2D eigenvalue weighted by Crippen LogP contribution is 2.34. The van der Waals surface area contributed by atoms with Gasteiger partial charge < -0.3 is 5.32 Å². The predicted molar refractivity (Wildman–Crippen MR) is 116 cm³/mol. The van der Waals surface area contributed by atoms with Crippen LogP contribution in [0.5, 0.6) is 0 Å². The first-order valence-electron chi connectivity index (χ1n) is 9.84. The third-order valence-electron chi connectivity index (χ3n) is 5.03. The number of fused-ring (bicyclic) bond motifs is 1. The fraction of sp³-hybridized carbons (Fsp3) is 0.286. The van der Waals surface area contributed by atoms with E-state index in [1.807, 2.05) is 30.3 Å². The van der Waals surface area contributed by atoms with E-state index in [0.29, 0.717) is 13.1 Å². The van der Waals surface area contributed by atoms with Crippen molar-refractivity contribution in [3.8, 4) is 0 Å². The van der Waals surface area contributed by atoms with E-state index in [2.05, 4.69) is 21.2 Å². The van der Waals surface area contributed by atoms with Crippen LogP contribution in [0.25, 0.3) is 0 Å². The van der Waals surface area contributed by atoms with E-state index in [9.17, 15) is 22.8 Å². The number of nitrogens with zero attached hydrogens (tertiary/aromatic N) is 2. The molecule has 32 heavy (non-hydrogen) atoms. The quantitative estimate of drug-likeness (QED) is 0.635. The molecule has 2 aromatic carbocycles. The van der Waals surface area contributed by atoms with E-state index in [1.165, 1.54) is 17.0 Å². The number of rotatable bonds is 5. The van der Waals surface area contributed by atoms with Crippen molar-refractivity contribution in [2.24, 2.45) is 10.9 Å². The Kier molecular flexibility index (Phi) is 6.49. The van der Waals surface area contributed by atoms with Crippen LogP contribution in [0.15, 0.2) is 59.6 Å². The number of carbonyl (C=O) groups is 2. The van der Waals surface area contributed by atoms with Crippen LogP contribution in [0, 0.1) is 5.92 Å². The minimum absolute atomic E-state index is 0.0424. The van der Waals surface area contributed by atoms with Crippen LogP contribution < -0.4 is 21.1 Å². The molecular formula is C21H20F3N5O2S. The summed E-state index contributed by atoms with van der Waals surface area (Å²) < 4.78 is 39.6. The lowest BCUT2D eigenvalue weighted by atomic mass is 10.0. The molecule has 2 unspecified atom stereocenters. The summed E-state index contributed by atoms with van der Waals surface area (Å²) >= 11 is 1.00. The van der Waals surface area contributed by atoms with Crippen LogP contribution in [-0.4, -0.2) is 35.4 Å². The number of amides is 2. The zero-order valence-corrected chi connectivity index (χ0v) is 17.5. The summed E-state index contributed by atoms with van der Waals surface area (Å²) in [7, 11) is 0. The Balaban J connectivity index is 1.51. The third-order valence-corrected chi connectivity index (χ3v) is 5.98. The maximum Gasteiger partial charge on any atom is 0.416 e. The fourth-order valence-corrected chi connectivity index (χ4v) is 4.28. The lowest BCUT2D eigenvalue weighted by Crippen LogP contribution is -2.49. The number of hydrazine groups is 1. The molecular weight excluding hydrogens is 443 g/mol. The van der Waals surface area contributed by atoms with E-state index in [1.54, 1.807) is 0 Å². The highest BCUT2D eigenvalue weighted by atomic mass is 32.2. The van der Waals surface area contributed by atoms with Crippen molar-refractivity contribution in [2.75, 3.05) is 17.2 Å². The minimum atomic E-state index is -4.55. The minimum Gasteiger partial charge on any atom is -0.351 e. The third kappa shape index (κ3) is 4.95. The standard InChI is InChI=1S/C21H20F3N5O2S/c22-21(23,24)14-7-4-8-15(9-14)29-19(31)16-11-26-28-18(16)27-20(29)32-12-17(30)25-10-13-5-2-1-3-6-13/h1-9,16,18,26,28H,10-12H2,(H,25,30). The molecule has 0 saturated carbocycles. The van der Waals surface area contributed by atoms with E-state index < -0.39 is 23.8 Å². The van der Waals surface area contributed by atoms with Crippen molar-refractivity contribution >= 4 is 34.4 Å². The van der Waals surface area contributed by atoms with E-state index >= 15 is 0 Å². The Morgan fingerprint density at radius 1 is 1.19 bits per heavy atom. The van der Waals surface area contributed by atoms with Crippen molar-refractivity contribution in [3.63, 3.8) is 0 Å². The lowest BCUT2D eigenvalue weighted by Gasteiger charge is -2.32. The zero-order chi connectivity index (χ0) is 22.7. The van der Waals surface area contributed by atoms with Crippen LogP contribution in [0.1, 0.15) is 11.1 Å². The van der Waals surface area contributed by atoms with Gasteiger partial charge in [-0.25, -0.2) is 10.4 Å². The summed E-state index contributed by atoms with van der Waals surface area (Å²) in [5, 5.41) is 2.95. The number of halogens is 3. The Labute approximate surface area is 186 Å². The van der Waals surface area contributed by atoms with Gasteiger partial charge in [-0.3, -0.25) is 19.9 Å². The molecule has 0 spiro atoms. The maximum absolute atomic E-state index is 13.2. The molecule has 2 aromatic rings. The summed E-state index contributed by atoms with van der Waals surface area (Å²) in [6.45, 7) is 0.650. The van der Waals surface area contributed by atoms with Gasteiger partial charge in [0, 0.05) is 13.1 Å². The summed E-state index contributed by atoms with van der Waals surface area (Å²) in [4.78, 5) is 31.1. The van der Waals surface area contributed by atoms with Crippen molar-refractivity contribution in [3.05, 3.63) is 65.7 Å². The Morgan fingerprint density at radius 2 is 1.97 bits per heavy atom. The summed E-state index contributed by atoms with van der Waals surface area (Å²) in [5.74, 6) is -1.26. The first kappa shape index (κ1) is 22.3. The van der Waals surface area contributed by atoms with Crippen molar-refractivity contribution in [1.82, 2.24) is 16.2 Å². The van der Waals surface area contributed by atoms with Crippen LogP contribution >= 0.6 is 11.8 Å². The predicted octanol–water partition coefficient (Wildman–Crippen LogP) is 2.51. The SMILES string of the molecule is O=C(CSC1=NC2NNCC2C(=O)N1c1cccc(C(F)(F)F)c1)NCc1ccccc1. The average Bonchev–Trinajstić information content (AvgIpc) is 3.25. The van der Waals surface area contributed by atoms with Gasteiger partial charge in [0.05, 0.1) is 22.9 Å². The highest BCUT2D eigenvalue weighted by Gasteiger charge is 2.43. The van der Waals surface area contributed by atoms with Gasteiger partial charge in [0.25, 0.3) is 0 Å². The summed E-state index contributed by atoms with van der Waals surface area (Å²) in [6, 6.07) is 13.9. The van der Waals surface area contributed by atoms with Crippen molar-refractivity contribution in [2.45, 2.75) is 18.9 Å². The number of nitrogens with one attached hydrogen (secondary N) is 3. The molecule has 0 aliphatic carbocycles. The number of benzene rings is 2. The topological polar surface area (TPSA) is 85.8 Å². The van der Waals surface area contributed by atoms with Crippen molar-refractivity contribution < 1.29 is 22.8 Å². The monoisotopic (exact) mass is 463 g/mol. The molecule has 1 saturated heterocycles. The van der Waals surface area contributed by atoms with Gasteiger partial charge in [-0.1, -0.05) is 48.2 Å². The highest BCUT2D eigenvalue weighted by molar-refractivity contribution is 8.14. The van der Waals surface area contributed by atoms with Gasteiger partial charge in [-0.15, -0.1) is 0 Å². The van der Waals surface area contributed by atoms with Crippen LogP contribution in [0.2, 0.25) is 0 Å². The number of hydrogen-bond acceptors (Lipinski definition) is 6. The summed E-state index contributed by atoms with van der Waals surface area (Å²) in [5.41, 5.74) is 5.87. The second kappa shape index (κ2) is 9.31. The molecule has 0 bridgehead atoms. The second-order valence-corrected chi connectivity index (χ2v) is 8.20. The first-order chi connectivity index (χ1) is 15.3. The smallest absolute Gasteiger partial charge is 0.351 e. The zero-order valence-electron chi connectivity index (χ0n) is 16.7. The van der Waals surface area contributed by atoms with Gasteiger partial charge >= 0.3 is 6.18 Å². The number of anilines is 1. The Morgan fingerprint density at radius 3 is 2.72 bits per heavy atom. The molecule has 2 aliphatic rings. The molecule has 11 heteroatoms. The lowest BCUT2D eigenvalue weighted by molar-refractivity contribution is -0.137. The van der Waals surface area contributed by atoms with Crippen LogP contribution in [-0.2, 0) is 22.3 Å². The molecule has 1 fully saturated rings. The molecule has 168 valence electrons. The van der Waals surface area contributed by atoms with E-state index in [4.69, 9.17) is 0 Å². The number of alkyl halides is 3. The van der Waals surface area contributed by atoms with E-state index in [0.717, 1.165) is 29.5 Å². The number of carbonyl (C=O) groups excluding carboxylic acids is 2. The summed E-state index contributed by atoms with van der Waals surface area (Å²) in [6.07, 6.45) is -5.09. The molecule has 2 atom stereocenters. The van der Waals surface area contributed by atoms with Gasteiger partial charge in [0.1, 0.15) is 6.17 Å². The normalized spacial score (nSPS) is 20.7. The molecule has 3 N–H and O–H groups in total. The van der Waals surface area contributed by atoms with Gasteiger partial charge in [-0.05, 0) is 23.8 Å². The largest absolute Gasteiger partial charge is 0.416 e. The Hall–Kier alpha value is -2.89. The molecule has 2 heterocycles. The molecule has 7 nitrogen and oxygen atoms in total. The van der Waals surface area contributed by atoms with Crippen LogP contribution in [0.4, 0.5) is 18.9 Å². The van der Waals surface area contributed by atoms with Gasteiger partial charge in [0.2, 0.25) is 11.8 Å². The molecule has 0 radical (unpaired) electrons. The fourth-order valence-electron chi connectivity index (χ4n) is 3.41. The van der Waals surface area contributed by atoms with Crippen LogP contribution in [0.3, 0.4) is 0 Å². The molecule has 4 rings (SSSR count). The number of amidine groups is 1. The number of thioether (sulfide) groups is 1. The molecule has 2 aliphatic heterocycles. The number of hydrogen-bond donors (Lipinski definition) is 3. The Bertz CT molecular complexity index is 1030. The van der Waals surface area contributed by atoms with Crippen molar-refractivity contribution in [1.29, 1.82) is 0 Å².